The average molecular weight is 360 g/mol. The van der Waals surface area contributed by atoms with Gasteiger partial charge in [-0.05, 0) is 50.3 Å². The third kappa shape index (κ3) is 3.96. The Kier molecular flexibility index (Phi) is 5.89. The van der Waals surface area contributed by atoms with Gasteiger partial charge in [0.15, 0.2) is 0 Å². The van der Waals surface area contributed by atoms with Crippen LogP contribution in [-0.4, -0.2) is 73.9 Å². The number of ether oxygens (including phenoxy) is 2. The predicted octanol–water partition coefficient (Wildman–Crippen LogP) is 2.42. The molecule has 2 saturated heterocycles. The molecule has 0 radical (unpaired) electrons. The molecule has 1 aromatic heterocycles. The van der Waals surface area contributed by atoms with E-state index in [9.17, 15) is 0 Å². The number of hydrogen-bond acceptors (Lipinski definition) is 5. The first-order chi connectivity index (χ1) is 12.8. The standard InChI is InChI=1S/C21H33N3O2/c1-25-17-21-7-5-20(24-10-12-26-13-11-24)14-18(21)6-9-23(16-21)15-19-4-2-3-8-22-19/h2-4,8,18,20H,5-7,9-17H2,1H3/t18-,20-,21+/m1/s1. The number of piperidine rings is 1. The Hall–Kier alpha value is -1.01. The third-order valence-electron chi connectivity index (χ3n) is 6.84. The SMILES string of the molecule is COC[C@@]12CC[C@@H](N3CCOCC3)C[C@H]1CCN(Cc1ccccn1)C2. The number of methoxy groups -OCH3 is 1. The fourth-order valence-electron chi connectivity index (χ4n) is 5.50. The van der Waals surface area contributed by atoms with Crippen LogP contribution in [0.2, 0.25) is 0 Å². The number of rotatable bonds is 5. The van der Waals surface area contributed by atoms with E-state index < -0.39 is 0 Å². The summed E-state index contributed by atoms with van der Waals surface area (Å²) >= 11 is 0. The van der Waals surface area contributed by atoms with E-state index in [-0.39, 0.29) is 0 Å². The Morgan fingerprint density at radius 2 is 2.12 bits per heavy atom. The Balaban J connectivity index is 1.42. The predicted molar refractivity (Wildman–Crippen MR) is 102 cm³/mol. The van der Waals surface area contributed by atoms with Crippen LogP contribution in [0.3, 0.4) is 0 Å². The van der Waals surface area contributed by atoms with E-state index >= 15 is 0 Å². The van der Waals surface area contributed by atoms with E-state index in [4.69, 9.17) is 9.47 Å². The normalized spacial score (nSPS) is 33.7. The first-order valence-corrected chi connectivity index (χ1v) is 10.2. The molecule has 0 amide bonds. The van der Waals surface area contributed by atoms with Gasteiger partial charge in [-0.3, -0.25) is 14.8 Å². The minimum atomic E-state index is 0.324. The van der Waals surface area contributed by atoms with Crippen LogP contribution in [0.25, 0.3) is 0 Å². The van der Waals surface area contributed by atoms with Crippen LogP contribution in [0.15, 0.2) is 24.4 Å². The summed E-state index contributed by atoms with van der Waals surface area (Å²) in [5.41, 5.74) is 1.51. The van der Waals surface area contributed by atoms with Crippen molar-refractivity contribution >= 4 is 0 Å². The van der Waals surface area contributed by atoms with Gasteiger partial charge in [0, 0.05) is 50.9 Å². The second kappa shape index (κ2) is 8.34. The lowest BCUT2D eigenvalue weighted by Crippen LogP contribution is -2.56. The molecule has 0 unspecified atom stereocenters. The highest BCUT2D eigenvalue weighted by Crippen LogP contribution is 2.48. The molecular formula is C21H33N3O2. The van der Waals surface area contributed by atoms with Gasteiger partial charge in [0.1, 0.15) is 0 Å². The molecule has 1 aliphatic carbocycles. The summed E-state index contributed by atoms with van der Waals surface area (Å²) in [6, 6.07) is 6.98. The lowest BCUT2D eigenvalue weighted by molar-refractivity contribution is -0.0872. The van der Waals surface area contributed by atoms with Crippen molar-refractivity contribution in [3.05, 3.63) is 30.1 Å². The smallest absolute Gasteiger partial charge is 0.0594 e. The monoisotopic (exact) mass is 359 g/mol. The van der Waals surface area contributed by atoms with Crippen molar-refractivity contribution in [3.8, 4) is 0 Å². The molecule has 144 valence electrons. The van der Waals surface area contributed by atoms with Crippen LogP contribution in [0, 0.1) is 11.3 Å². The van der Waals surface area contributed by atoms with Gasteiger partial charge in [-0.15, -0.1) is 0 Å². The van der Waals surface area contributed by atoms with E-state index in [1.165, 1.54) is 37.9 Å². The van der Waals surface area contributed by atoms with Crippen molar-refractivity contribution in [2.45, 2.75) is 38.3 Å². The first-order valence-electron chi connectivity index (χ1n) is 10.2. The summed E-state index contributed by atoms with van der Waals surface area (Å²) in [4.78, 5) is 9.81. The van der Waals surface area contributed by atoms with Gasteiger partial charge in [-0.25, -0.2) is 0 Å². The summed E-state index contributed by atoms with van der Waals surface area (Å²) in [6.07, 6.45) is 7.11. The van der Waals surface area contributed by atoms with Crippen LogP contribution in [0.5, 0.6) is 0 Å². The zero-order chi connectivity index (χ0) is 17.8. The third-order valence-corrected chi connectivity index (χ3v) is 6.84. The maximum absolute atomic E-state index is 5.74. The van der Waals surface area contributed by atoms with E-state index in [2.05, 4.69) is 26.9 Å². The van der Waals surface area contributed by atoms with Crippen molar-refractivity contribution in [1.29, 1.82) is 0 Å². The summed E-state index contributed by atoms with van der Waals surface area (Å²) in [6.45, 7) is 8.23. The maximum atomic E-state index is 5.74. The van der Waals surface area contributed by atoms with Gasteiger partial charge in [0.2, 0.25) is 0 Å². The number of morpholine rings is 1. The number of aromatic nitrogens is 1. The fraction of sp³-hybridized carbons (Fsp3) is 0.762. The second-order valence-corrected chi connectivity index (χ2v) is 8.39. The van der Waals surface area contributed by atoms with Crippen LogP contribution in [0.1, 0.15) is 31.4 Å². The number of fused-ring (bicyclic) bond motifs is 1. The molecule has 0 bridgehead atoms. The molecule has 4 rings (SSSR count). The molecule has 0 aromatic carbocycles. The zero-order valence-electron chi connectivity index (χ0n) is 16.1. The van der Waals surface area contributed by atoms with Crippen LogP contribution in [0.4, 0.5) is 0 Å². The van der Waals surface area contributed by atoms with Crippen molar-refractivity contribution in [1.82, 2.24) is 14.8 Å². The van der Waals surface area contributed by atoms with E-state index in [1.54, 1.807) is 0 Å². The molecule has 5 nitrogen and oxygen atoms in total. The summed E-state index contributed by atoms with van der Waals surface area (Å²) in [5.74, 6) is 0.782. The average Bonchev–Trinajstić information content (AvgIpc) is 2.69. The van der Waals surface area contributed by atoms with E-state index in [0.717, 1.165) is 58.0 Å². The van der Waals surface area contributed by atoms with Gasteiger partial charge in [0.25, 0.3) is 0 Å². The van der Waals surface area contributed by atoms with Crippen molar-refractivity contribution in [3.63, 3.8) is 0 Å². The molecular weight excluding hydrogens is 326 g/mol. The highest BCUT2D eigenvalue weighted by molar-refractivity contribution is 5.05. The first kappa shape index (κ1) is 18.4. The molecule has 3 fully saturated rings. The zero-order valence-corrected chi connectivity index (χ0v) is 16.1. The fourth-order valence-corrected chi connectivity index (χ4v) is 5.50. The Morgan fingerprint density at radius 3 is 2.88 bits per heavy atom. The van der Waals surface area contributed by atoms with E-state index in [0.29, 0.717) is 5.41 Å². The van der Waals surface area contributed by atoms with Crippen LogP contribution in [-0.2, 0) is 16.0 Å². The molecule has 5 heteroatoms. The van der Waals surface area contributed by atoms with Gasteiger partial charge < -0.3 is 9.47 Å². The quantitative estimate of drug-likeness (QED) is 0.807. The lowest BCUT2D eigenvalue weighted by Gasteiger charge is -2.54. The molecule has 2 aliphatic heterocycles. The van der Waals surface area contributed by atoms with Gasteiger partial charge in [-0.1, -0.05) is 6.07 Å². The molecule has 0 spiro atoms. The Labute approximate surface area is 157 Å². The van der Waals surface area contributed by atoms with Gasteiger partial charge >= 0.3 is 0 Å². The number of hydrogen-bond donors (Lipinski definition) is 0. The van der Waals surface area contributed by atoms with Crippen LogP contribution < -0.4 is 0 Å². The molecule has 3 heterocycles. The number of likely N-dealkylation sites (tertiary alicyclic amines) is 1. The summed E-state index contributed by atoms with van der Waals surface area (Å²) in [7, 11) is 1.87. The second-order valence-electron chi connectivity index (χ2n) is 8.39. The summed E-state index contributed by atoms with van der Waals surface area (Å²) < 4.78 is 11.3. The highest BCUT2D eigenvalue weighted by atomic mass is 16.5. The largest absolute Gasteiger partial charge is 0.384 e. The maximum Gasteiger partial charge on any atom is 0.0594 e. The Morgan fingerprint density at radius 1 is 1.23 bits per heavy atom. The highest BCUT2D eigenvalue weighted by Gasteiger charge is 2.47. The van der Waals surface area contributed by atoms with E-state index in [1.807, 2.05) is 19.4 Å². The number of nitrogens with zero attached hydrogens (tertiary/aromatic N) is 3. The van der Waals surface area contributed by atoms with Gasteiger partial charge in [0.05, 0.1) is 25.5 Å². The molecule has 1 saturated carbocycles. The topological polar surface area (TPSA) is 37.8 Å². The molecule has 1 aromatic rings. The molecule has 3 aliphatic rings. The number of pyridine rings is 1. The van der Waals surface area contributed by atoms with Crippen molar-refractivity contribution in [2.75, 3.05) is 53.1 Å². The van der Waals surface area contributed by atoms with Crippen molar-refractivity contribution < 1.29 is 9.47 Å². The minimum absolute atomic E-state index is 0.324. The molecule has 26 heavy (non-hydrogen) atoms. The van der Waals surface area contributed by atoms with Crippen molar-refractivity contribution in [2.24, 2.45) is 11.3 Å². The van der Waals surface area contributed by atoms with Gasteiger partial charge in [-0.2, -0.15) is 0 Å². The van der Waals surface area contributed by atoms with Crippen LogP contribution >= 0.6 is 0 Å². The summed E-state index contributed by atoms with van der Waals surface area (Å²) in [5, 5.41) is 0. The Bertz CT molecular complexity index is 564. The molecule has 0 N–H and O–H groups in total. The molecule has 3 atom stereocenters. The lowest BCUT2D eigenvalue weighted by atomic mass is 9.62. The minimum Gasteiger partial charge on any atom is -0.384 e.